The van der Waals surface area contributed by atoms with Crippen molar-refractivity contribution in [3.63, 3.8) is 0 Å². The summed E-state index contributed by atoms with van der Waals surface area (Å²) >= 11 is 0. The molecular formula is C19H17N5O2. The van der Waals surface area contributed by atoms with E-state index in [2.05, 4.69) is 20.7 Å². The second-order valence-electron chi connectivity index (χ2n) is 6.09. The van der Waals surface area contributed by atoms with E-state index in [1.807, 2.05) is 60.7 Å². The molecule has 1 aliphatic rings. The van der Waals surface area contributed by atoms with Crippen LogP contribution in [-0.2, 0) is 16.0 Å². The lowest BCUT2D eigenvalue weighted by atomic mass is 10.0. The van der Waals surface area contributed by atoms with Crippen LogP contribution in [-0.4, -0.2) is 26.6 Å². The fourth-order valence-corrected chi connectivity index (χ4v) is 3.00. The Kier molecular flexibility index (Phi) is 4.18. The normalized spacial score (nSPS) is 15.8. The predicted molar refractivity (Wildman–Crippen MR) is 96.6 cm³/mol. The summed E-state index contributed by atoms with van der Waals surface area (Å²) in [5.74, 6) is 0.192. The third kappa shape index (κ3) is 3.32. The van der Waals surface area contributed by atoms with Gasteiger partial charge in [-0.3, -0.25) is 20.2 Å². The average Bonchev–Trinajstić information content (AvgIpc) is 3.04. The van der Waals surface area contributed by atoms with Gasteiger partial charge in [0.2, 0.25) is 17.8 Å². The van der Waals surface area contributed by atoms with Crippen LogP contribution in [0.25, 0.3) is 0 Å². The topological polar surface area (TPSA) is 88.9 Å². The smallest absolute Gasteiger partial charge is 0.250 e. The number of aromatic nitrogens is 3. The van der Waals surface area contributed by atoms with Crippen molar-refractivity contribution in [2.45, 2.75) is 18.9 Å². The van der Waals surface area contributed by atoms with Gasteiger partial charge in [-0.05, 0) is 11.1 Å². The lowest BCUT2D eigenvalue weighted by Crippen LogP contribution is -2.29. The maximum atomic E-state index is 12.2. The molecule has 0 fully saturated rings. The van der Waals surface area contributed by atoms with Crippen molar-refractivity contribution >= 4 is 23.7 Å². The van der Waals surface area contributed by atoms with E-state index in [1.165, 1.54) is 0 Å². The minimum absolute atomic E-state index is 0.124. The molecular weight excluding hydrogens is 330 g/mol. The fourth-order valence-electron chi connectivity index (χ4n) is 3.00. The molecule has 2 aromatic carbocycles. The van der Waals surface area contributed by atoms with Crippen molar-refractivity contribution in [1.82, 2.24) is 14.8 Å². The summed E-state index contributed by atoms with van der Waals surface area (Å²) in [4.78, 5) is 28.5. The van der Waals surface area contributed by atoms with E-state index in [0.29, 0.717) is 5.95 Å². The number of carbonyl (C=O) groups excluding carboxylic acids is 2. The Morgan fingerprint density at radius 1 is 1.12 bits per heavy atom. The number of fused-ring (bicyclic) bond motifs is 1. The molecule has 130 valence electrons. The Hall–Kier alpha value is -3.48. The van der Waals surface area contributed by atoms with E-state index in [4.69, 9.17) is 0 Å². The Bertz CT molecular complexity index is 937. The molecule has 7 nitrogen and oxygen atoms in total. The molecule has 0 aliphatic carbocycles. The molecule has 0 saturated heterocycles. The van der Waals surface area contributed by atoms with Crippen molar-refractivity contribution in [1.29, 1.82) is 0 Å². The highest BCUT2D eigenvalue weighted by Crippen LogP contribution is 2.29. The van der Waals surface area contributed by atoms with Crippen LogP contribution < -0.4 is 10.6 Å². The fraction of sp³-hybridized carbons (Fsp3) is 0.158. The number of benzene rings is 2. The molecule has 0 bridgehead atoms. The van der Waals surface area contributed by atoms with Crippen LogP contribution in [0.2, 0.25) is 0 Å². The Labute approximate surface area is 150 Å². The van der Waals surface area contributed by atoms with Gasteiger partial charge >= 0.3 is 0 Å². The first-order valence-electron chi connectivity index (χ1n) is 8.34. The van der Waals surface area contributed by atoms with Gasteiger partial charge in [-0.25, -0.2) is 4.68 Å². The first-order chi connectivity index (χ1) is 12.7. The summed E-state index contributed by atoms with van der Waals surface area (Å²) in [6.07, 6.45) is 0.511. The highest BCUT2D eigenvalue weighted by Gasteiger charge is 2.29. The van der Waals surface area contributed by atoms with E-state index in [9.17, 15) is 9.59 Å². The van der Waals surface area contributed by atoms with Crippen molar-refractivity contribution < 1.29 is 9.59 Å². The molecule has 0 spiro atoms. The number of hydrogen-bond acceptors (Lipinski definition) is 4. The monoisotopic (exact) mass is 347 g/mol. The second kappa shape index (κ2) is 6.79. The molecule has 7 heteroatoms. The van der Waals surface area contributed by atoms with Gasteiger partial charge in [0.25, 0.3) is 5.95 Å². The third-order valence-electron chi connectivity index (χ3n) is 4.20. The molecule has 1 aliphatic heterocycles. The molecule has 1 aromatic heterocycles. The summed E-state index contributed by atoms with van der Waals surface area (Å²) in [5, 5.41) is 9.79. The minimum atomic E-state index is -0.243. The standard InChI is InChI=1S/C19H17N5O2/c25-16(11-13-7-3-1-4-8-13)20-18-22-19-21-17(26)12-15(24(19)23-18)14-9-5-2-6-10-14/h1-10,15H,11-12H2,(H2,20,21,22,23,25,26)/t15-/m0/s1. The quantitative estimate of drug-likeness (QED) is 0.758. The molecule has 2 N–H and O–H groups in total. The van der Waals surface area contributed by atoms with Crippen LogP contribution in [0.4, 0.5) is 11.9 Å². The lowest BCUT2D eigenvalue weighted by molar-refractivity contribution is -0.117. The van der Waals surface area contributed by atoms with Crippen LogP contribution in [0.5, 0.6) is 0 Å². The first-order valence-corrected chi connectivity index (χ1v) is 8.34. The van der Waals surface area contributed by atoms with Crippen LogP contribution in [0.3, 0.4) is 0 Å². The van der Waals surface area contributed by atoms with Gasteiger partial charge in [-0.2, -0.15) is 4.98 Å². The lowest BCUT2D eigenvalue weighted by Gasteiger charge is -2.23. The molecule has 0 saturated carbocycles. The highest BCUT2D eigenvalue weighted by atomic mass is 16.2. The zero-order valence-corrected chi connectivity index (χ0v) is 13.9. The number of rotatable bonds is 4. The van der Waals surface area contributed by atoms with E-state index < -0.39 is 0 Å². The second-order valence-corrected chi connectivity index (χ2v) is 6.09. The SMILES string of the molecule is O=C(Cc1ccccc1)Nc1nc2n(n1)[C@H](c1ccccc1)CC(=O)N2. The Morgan fingerprint density at radius 2 is 1.81 bits per heavy atom. The van der Waals surface area contributed by atoms with Crippen molar-refractivity contribution in [2.75, 3.05) is 10.6 Å². The van der Waals surface area contributed by atoms with Gasteiger partial charge in [0, 0.05) is 0 Å². The Balaban J connectivity index is 1.55. The molecule has 26 heavy (non-hydrogen) atoms. The number of amides is 2. The van der Waals surface area contributed by atoms with Gasteiger partial charge in [0.05, 0.1) is 18.9 Å². The zero-order valence-electron chi connectivity index (χ0n) is 13.9. The number of hydrogen-bond donors (Lipinski definition) is 2. The van der Waals surface area contributed by atoms with E-state index in [1.54, 1.807) is 4.68 Å². The third-order valence-corrected chi connectivity index (χ3v) is 4.20. The maximum absolute atomic E-state index is 12.2. The molecule has 2 heterocycles. The Morgan fingerprint density at radius 3 is 2.54 bits per heavy atom. The first kappa shape index (κ1) is 16.0. The summed E-state index contributed by atoms with van der Waals surface area (Å²) in [6, 6.07) is 18.8. The molecule has 2 amide bonds. The van der Waals surface area contributed by atoms with Gasteiger partial charge in [0.1, 0.15) is 0 Å². The van der Waals surface area contributed by atoms with Gasteiger partial charge in [-0.15, -0.1) is 5.10 Å². The summed E-state index contributed by atoms with van der Waals surface area (Å²) in [7, 11) is 0. The maximum Gasteiger partial charge on any atom is 0.250 e. The molecule has 0 unspecified atom stereocenters. The number of carbonyl (C=O) groups is 2. The highest BCUT2D eigenvalue weighted by molar-refractivity contribution is 5.93. The van der Waals surface area contributed by atoms with Crippen molar-refractivity contribution in [3.05, 3.63) is 71.8 Å². The van der Waals surface area contributed by atoms with E-state index in [-0.39, 0.29) is 36.6 Å². The van der Waals surface area contributed by atoms with E-state index in [0.717, 1.165) is 11.1 Å². The molecule has 1 atom stereocenters. The number of nitrogens with one attached hydrogen (secondary N) is 2. The van der Waals surface area contributed by atoms with Crippen LogP contribution >= 0.6 is 0 Å². The van der Waals surface area contributed by atoms with Crippen molar-refractivity contribution in [2.24, 2.45) is 0 Å². The minimum Gasteiger partial charge on any atom is -0.295 e. The van der Waals surface area contributed by atoms with Crippen LogP contribution in [0.15, 0.2) is 60.7 Å². The van der Waals surface area contributed by atoms with Crippen LogP contribution in [0, 0.1) is 0 Å². The molecule has 4 rings (SSSR count). The van der Waals surface area contributed by atoms with Crippen molar-refractivity contribution in [3.8, 4) is 0 Å². The van der Waals surface area contributed by atoms with E-state index >= 15 is 0 Å². The summed E-state index contributed by atoms with van der Waals surface area (Å²) in [6.45, 7) is 0. The number of nitrogens with zero attached hydrogens (tertiary/aromatic N) is 3. The van der Waals surface area contributed by atoms with Gasteiger partial charge in [0.15, 0.2) is 0 Å². The molecule has 3 aromatic rings. The zero-order chi connectivity index (χ0) is 17.9. The summed E-state index contributed by atoms with van der Waals surface area (Å²) in [5.41, 5.74) is 1.88. The van der Waals surface area contributed by atoms with Crippen LogP contribution in [0.1, 0.15) is 23.6 Å². The van der Waals surface area contributed by atoms with Gasteiger partial charge in [-0.1, -0.05) is 60.7 Å². The largest absolute Gasteiger partial charge is 0.295 e. The molecule has 0 radical (unpaired) electrons. The predicted octanol–water partition coefficient (Wildman–Crippen LogP) is 2.39. The number of anilines is 2. The van der Waals surface area contributed by atoms with Gasteiger partial charge < -0.3 is 0 Å². The average molecular weight is 347 g/mol. The summed E-state index contributed by atoms with van der Waals surface area (Å²) < 4.78 is 1.65.